The quantitative estimate of drug-likeness (QED) is 0.237. The Bertz CT molecular complexity index is 203. The van der Waals surface area contributed by atoms with Gasteiger partial charge in [0.1, 0.15) is 0 Å². The Morgan fingerprint density at radius 2 is 2.20 bits per heavy atom. The van der Waals surface area contributed by atoms with E-state index in [2.05, 4.69) is 27.6 Å². The first-order chi connectivity index (χ1) is 7.26. The zero-order valence-electron chi connectivity index (χ0n) is 9.49. The van der Waals surface area contributed by atoms with E-state index in [0.717, 1.165) is 32.8 Å². The van der Waals surface area contributed by atoms with Crippen LogP contribution >= 0.6 is 0 Å². The summed E-state index contributed by atoms with van der Waals surface area (Å²) in [4.78, 5) is 6.33. The summed E-state index contributed by atoms with van der Waals surface area (Å²) in [6.45, 7) is 6.75. The van der Waals surface area contributed by atoms with Crippen molar-refractivity contribution in [2.24, 2.45) is 10.8 Å². The van der Waals surface area contributed by atoms with Crippen molar-refractivity contribution in [2.75, 3.05) is 39.9 Å². The maximum absolute atomic E-state index is 5.29. The molecule has 0 bridgehead atoms. The molecule has 1 saturated heterocycles. The van der Waals surface area contributed by atoms with Crippen LogP contribution in [0, 0.1) is 0 Å². The molecule has 6 nitrogen and oxygen atoms in total. The Kier molecular flexibility index (Phi) is 5.38. The van der Waals surface area contributed by atoms with Crippen molar-refractivity contribution < 1.29 is 4.74 Å². The third-order valence-corrected chi connectivity index (χ3v) is 2.38. The summed E-state index contributed by atoms with van der Waals surface area (Å²) in [5, 5.41) is 3.20. The normalized spacial score (nSPS) is 21.1. The van der Waals surface area contributed by atoms with Crippen LogP contribution in [0.4, 0.5) is 0 Å². The van der Waals surface area contributed by atoms with Gasteiger partial charge in [0.15, 0.2) is 0 Å². The molecular formula is C9H21N5O. The highest BCUT2D eigenvalue weighted by molar-refractivity contribution is 5.79. The molecule has 1 atom stereocenters. The summed E-state index contributed by atoms with van der Waals surface area (Å²) in [5.41, 5.74) is 2.52. The van der Waals surface area contributed by atoms with Gasteiger partial charge in [0.05, 0.1) is 13.2 Å². The number of nitrogens with one attached hydrogen (secondary N) is 2. The smallest absolute Gasteiger partial charge is 0.205 e. The number of guanidine groups is 1. The molecule has 1 aliphatic rings. The van der Waals surface area contributed by atoms with Crippen molar-refractivity contribution in [1.29, 1.82) is 0 Å². The molecule has 0 aliphatic carbocycles. The van der Waals surface area contributed by atoms with Crippen molar-refractivity contribution in [3.05, 3.63) is 0 Å². The topological polar surface area (TPSA) is 74.9 Å². The molecule has 1 rings (SSSR count). The summed E-state index contributed by atoms with van der Waals surface area (Å²) < 4.78 is 5.29. The lowest BCUT2D eigenvalue weighted by molar-refractivity contribution is 0.0352. The monoisotopic (exact) mass is 215 g/mol. The van der Waals surface area contributed by atoms with Crippen LogP contribution in [0.25, 0.3) is 0 Å². The first-order valence-electron chi connectivity index (χ1n) is 5.26. The molecular weight excluding hydrogens is 194 g/mol. The lowest BCUT2D eigenvalue weighted by Crippen LogP contribution is -2.50. The van der Waals surface area contributed by atoms with Crippen LogP contribution in [0.2, 0.25) is 0 Å². The van der Waals surface area contributed by atoms with Crippen molar-refractivity contribution in [1.82, 2.24) is 15.6 Å². The third-order valence-electron chi connectivity index (χ3n) is 2.38. The zero-order chi connectivity index (χ0) is 11.1. The second-order valence-electron chi connectivity index (χ2n) is 3.67. The molecule has 0 amide bonds. The molecule has 0 aromatic rings. The van der Waals surface area contributed by atoms with E-state index in [0.29, 0.717) is 12.0 Å². The zero-order valence-corrected chi connectivity index (χ0v) is 9.49. The Morgan fingerprint density at radius 3 is 2.73 bits per heavy atom. The second kappa shape index (κ2) is 6.60. The Labute approximate surface area is 90.8 Å². The number of nitrogens with two attached hydrogens (primary N) is 1. The third kappa shape index (κ3) is 4.46. The molecule has 0 spiro atoms. The van der Waals surface area contributed by atoms with Crippen molar-refractivity contribution in [3.8, 4) is 0 Å². The minimum Gasteiger partial charge on any atom is -0.379 e. The van der Waals surface area contributed by atoms with E-state index in [1.165, 1.54) is 0 Å². The highest BCUT2D eigenvalue weighted by Gasteiger charge is 2.13. The lowest BCUT2D eigenvalue weighted by Gasteiger charge is -2.29. The van der Waals surface area contributed by atoms with E-state index in [4.69, 9.17) is 10.6 Å². The molecule has 0 aromatic heterocycles. The van der Waals surface area contributed by atoms with Gasteiger partial charge in [0, 0.05) is 32.7 Å². The van der Waals surface area contributed by atoms with Crippen molar-refractivity contribution >= 4 is 5.96 Å². The highest BCUT2D eigenvalue weighted by Crippen LogP contribution is 1.98. The van der Waals surface area contributed by atoms with Crippen LogP contribution in [0.5, 0.6) is 0 Å². The minimum atomic E-state index is 0.317. The number of morpholine rings is 1. The molecule has 6 heteroatoms. The number of rotatable bonds is 3. The fourth-order valence-electron chi connectivity index (χ4n) is 1.62. The van der Waals surface area contributed by atoms with Gasteiger partial charge in [-0.25, -0.2) is 5.84 Å². The number of hydrogen-bond donors (Lipinski definition) is 3. The number of hydrazine groups is 1. The number of nitrogens with zero attached hydrogens (tertiary/aromatic N) is 2. The van der Waals surface area contributed by atoms with E-state index >= 15 is 0 Å². The largest absolute Gasteiger partial charge is 0.379 e. The van der Waals surface area contributed by atoms with Crippen molar-refractivity contribution in [3.63, 3.8) is 0 Å². The SMILES string of the molecule is CN=C(NN)NC(C)CN1CCOCC1. The summed E-state index contributed by atoms with van der Waals surface area (Å²) in [6.07, 6.45) is 0. The van der Waals surface area contributed by atoms with Gasteiger partial charge in [-0.15, -0.1) is 0 Å². The summed E-state index contributed by atoms with van der Waals surface area (Å²) >= 11 is 0. The van der Waals surface area contributed by atoms with Crippen LogP contribution < -0.4 is 16.6 Å². The van der Waals surface area contributed by atoms with Gasteiger partial charge in [0.25, 0.3) is 0 Å². The highest BCUT2D eigenvalue weighted by atomic mass is 16.5. The second-order valence-corrected chi connectivity index (χ2v) is 3.67. The Hall–Kier alpha value is -0.850. The predicted octanol–water partition coefficient (Wildman–Crippen LogP) is -1.25. The first kappa shape index (κ1) is 12.2. The standard InChI is InChI=1S/C9H21N5O/c1-8(12-9(11-2)13-10)7-14-3-5-15-6-4-14/h8H,3-7,10H2,1-2H3,(H2,11,12,13). The average molecular weight is 215 g/mol. The van der Waals surface area contributed by atoms with Crippen LogP contribution in [0.1, 0.15) is 6.92 Å². The molecule has 0 saturated carbocycles. The summed E-state index contributed by atoms with van der Waals surface area (Å²) in [6, 6.07) is 0.317. The fraction of sp³-hybridized carbons (Fsp3) is 0.889. The molecule has 1 unspecified atom stereocenters. The summed E-state index contributed by atoms with van der Waals surface area (Å²) in [7, 11) is 1.70. The molecule has 0 aromatic carbocycles. The van der Waals surface area contributed by atoms with Gasteiger partial charge < -0.3 is 10.1 Å². The van der Waals surface area contributed by atoms with E-state index < -0.39 is 0 Å². The Morgan fingerprint density at radius 1 is 1.53 bits per heavy atom. The van der Waals surface area contributed by atoms with Crippen LogP contribution in [-0.4, -0.2) is 56.8 Å². The van der Waals surface area contributed by atoms with Gasteiger partial charge in [-0.1, -0.05) is 0 Å². The Balaban J connectivity index is 2.24. The van der Waals surface area contributed by atoms with Gasteiger partial charge in [-0.3, -0.25) is 15.3 Å². The van der Waals surface area contributed by atoms with E-state index in [9.17, 15) is 0 Å². The number of hydrogen-bond acceptors (Lipinski definition) is 4. The van der Waals surface area contributed by atoms with Crippen LogP contribution in [-0.2, 0) is 4.74 Å². The van der Waals surface area contributed by atoms with Gasteiger partial charge in [-0.2, -0.15) is 0 Å². The fourth-order valence-corrected chi connectivity index (χ4v) is 1.62. The minimum absolute atomic E-state index is 0.317. The molecule has 1 heterocycles. The molecule has 15 heavy (non-hydrogen) atoms. The number of ether oxygens (including phenoxy) is 1. The maximum Gasteiger partial charge on any atom is 0.205 e. The summed E-state index contributed by atoms with van der Waals surface area (Å²) in [5.74, 6) is 5.91. The molecule has 88 valence electrons. The maximum atomic E-state index is 5.29. The van der Waals surface area contributed by atoms with Gasteiger partial charge in [-0.05, 0) is 6.92 Å². The van der Waals surface area contributed by atoms with Crippen LogP contribution in [0.3, 0.4) is 0 Å². The molecule has 0 radical (unpaired) electrons. The molecule has 1 fully saturated rings. The van der Waals surface area contributed by atoms with E-state index in [1.54, 1.807) is 7.05 Å². The van der Waals surface area contributed by atoms with Crippen molar-refractivity contribution in [2.45, 2.75) is 13.0 Å². The average Bonchev–Trinajstić information content (AvgIpc) is 2.27. The molecule has 1 aliphatic heterocycles. The first-order valence-corrected chi connectivity index (χ1v) is 5.26. The lowest BCUT2D eigenvalue weighted by atomic mass is 10.3. The van der Waals surface area contributed by atoms with Crippen LogP contribution in [0.15, 0.2) is 4.99 Å². The number of aliphatic imine (C=N–C) groups is 1. The van der Waals surface area contributed by atoms with E-state index in [-0.39, 0.29) is 0 Å². The van der Waals surface area contributed by atoms with E-state index in [1.807, 2.05) is 0 Å². The predicted molar refractivity (Wildman–Crippen MR) is 60.5 cm³/mol. The van der Waals surface area contributed by atoms with Gasteiger partial charge >= 0.3 is 0 Å². The van der Waals surface area contributed by atoms with Gasteiger partial charge in [0.2, 0.25) is 5.96 Å². The molecule has 4 N–H and O–H groups in total.